The summed E-state index contributed by atoms with van der Waals surface area (Å²) in [6.07, 6.45) is 46.5. The van der Waals surface area contributed by atoms with Gasteiger partial charge in [0, 0.05) is 6.42 Å². The molecule has 1 rings (SSSR count). The van der Waals surface area contributed by atoms with Crippen LogP contribution in [0.15, 0.2) is 24.3 Å². The van der Waals surface area contributed by atoms with Gasteiger partial charge in [0.05, 0.1) is 25.4 Å². The van der Waals surface area contributed by atoms with Crippen molar-refractivity contribution in [1.82, 2.24) is 5.32 Å². The van der Waals surface area contributed by atoms with Gasteiger partial charge in [-0.3, -0.25) is 4.79 Å². The van der Waals surface area contributed by atoms with Crippen LogP contribution >= 0.6 is 0 Å². The van der Waals surface area contributed by atoms with Crippen LogP contribution in [-0.4, -0.2) is 87.5 Å². The first kappa shape index (κ1) is 58.7. The summed E-state index contributed by atoms with van der Waals surface area (Å²) in [5.41, 5.74) is 0. The first-order valence-electron chi connectivity index (χ1n) is 26.6. The number of ether oxygens (including phenoxy) is 2. The van der Waals surface area contributed by atoms with E-state index in [-0.39, 0.29) is 12.5 Å². The highest BCUT2D eigenvalue weighted by molar-refractivity contribution is 5.76. The minimum Gasteiger partial charge on any atom is -0.394 e. The average molecular weight is 880 g/mol. The Morgan fingerprint density at radius 2 is 0.903 bits per heavy atom. The summed E-state index contributed by atoms with van der Waals surface area (Å²) in [6.45, 7) is 3.80. The normalized spacial score (nSPS) is 20.4. The minimum atomic E-state index is -1.56. The van der Waals surface area contributed by atoms with Crippen molar-refractivity contribution in [2.75, 3.05) is 13.2 Å². The zero-order valence-corrected chi connectivity index (χ0v) is 40.4. The van der Waals surface area contributed by atoms with Gasteiger partial charge in [0.2, 0.25) is 5.91 Å². The smallest absolute Gasteiger partial charge is 0.220 e. The minimum absolute atomic E-state index is 0.177. The zero-order chi connectivity index (χ0) is 45.1. The molecule has 0 radical (unpaired) electrons. The summed E-state index contributed by atoms with van der Waals surface area (Å²) in [4.78, 5) is 13.0. The van der Waals surface area contributed by atoms with Crippen molar-refractivity contribution in [2.45, 2.75) is 294 Å². The van der Waals surface area contributed by atoms with Gasteiger partial charge in [0.25, 0.3) is 0 Å². The van der Waals surface area contributed by atoms with E-state index in [0.29, 0.717) is 6.42 Å². The molecule has 1 heterocycles. The second kappa shape index (κ2) is 43.6. The molecule has 1 fully saturated rings. The fraction of sp³-hybridized carbons (Fsp3) is 0.906. The molecule has 0 aromatic rings. The maximum absolute atomic E-state index is 13.0. The number of allylic oxidation sites excluding steroid dienone is 3. The van der Waals surface area contributed by atoms with Crippen LogP contribution in [0.25, 0.3) is 0 Å². The van der Waals surface area contributed by atoms with Crippen LogP contribution in [0.5, 0.6) is 0 Å². The number of aliphatic hydroxyl groups excluding tert-OH is 5. The number of aliphatic hydroxyl groups is 5. The van der Waals surface area contributed by atoms with Crippen LogP contribution in [0.1, 0.15) is 251 Å². The van der Waals surface area contributed by atoms with Crippen LogP contribution in [0, 0.1) is 0 Å². The molecular weight excluding hydrogens is 779 g/mol. The van der Waals surface area contributed by atoms with Crippen molar-refractivity contribution in [3.63, 3.8) is 0 Å². The predicted molar refractivity (Wildman–Crippen MR) is 258 cm³/mol. The third-order valence-corrected chi connectivity index (χ3v) is 12.8. The van der Waals surface area contributed by atoms with E-state index in [1.54, 1.807) is 6.08 Å². The average Bonchev–Trinajstić information content (AvgIpc) is 3.27. The van der Waals surface area contributed by atoms with Gasteiger partial charge in [-0.1, -0.05) is 224 Å². The topological polar surface area (TPSA) is 149 Å². The van der Waals surface area contributed by atoms with E-state index in [1.807, 2.05) is 6.08 Å². The monoisotopic (exact) mass is 880 g/mol. The molecule has 0 saturated carbocycles. The fourth-order valence-corrected chi connectivity index (χ4v) is 8.51. The van der Waals surface area contributed by atoms with Crippen molar-refractivity contribution in [3.8, 4) is 0 Å². The highest BCUT2D eigenvalue weighted by Crippen LogP contribution is 2.23. The first-order valence-corrected chi connectivity index (χ1v) is 26.6. The second-order valence-corrected chi connectivity index (χ2v) is 18.7. The van der Waals surface area contributed by atoms with E-state index in [0.717, 1.165) is 38.5 Å². The Hall–Kier alpha value is -1.33. The number of carbonyl (C=O) groups excluding carboxylic acids is 1. The Labute approximate surface area is 381 Å². The van der Waals surface area contributed by atoms with Gasteiger partial charge >= 0.3 is 0 Å². The lowest BCUT2D eigenvalue weighted by Crippen LogP contribution is -2.60. The number of nitrogens with one attached hydrogen (secondary N) is 1. The summed E-state index contributed by atoms with van der Waals surface area (Å²) in [5, 5.41) is 54.4. The molecule has 0 spiro atoms. The molecule has 1 saturated heterocycles. The number of hydrogen-bond acceptors (Lipinski definition) is 8. The van der Waals surface area contributed by atoms with E-state index in [2.05, 4.69) is 31.3 Å². The van der Waals surface area contributed by atoms with Gasteiger partial charge in [-0.25, -0.2) is 0 Å². The van der Waals surface area contributed by atoms with Crippen molar-refractivity contribution in [3.05, 3.63) is 24.3 Å². The Bertz CT molecular complexity index is 1020. The fourth-order valence-electron chi connectivity index (χ4n) is 8.51. The molecule has 0 aromatic carbocycles. The molecule has 0 aromatic heterocycles. The molecule has 9 nitrogen and oxygen atoms in total. The van der Waals surface area contributed by atoms with Crippen LogP contribution in [-0.2, 0) is 14.3 Å². The lowest BCUT2D eigenvalue weighted by molar-refractivity contribution is -0.302. The van der Waals surface area contributed by atoms with Gasteiger partial charge in [0.1, 0.15) is 24.4 Å². The zero-order valence-electron chi connectivity index (χ0n) is 40.4. The van der Waals surface area contributed by atoms with Crippen molar-refractivity contribution >= 4 is 5.91 Å². The van der Waals surface area contributed by atoms with Crippen molar-refractivity contribution < 1.29 is 39.8 Å². The molecule has 6 N–H and O–H groups in total. The Morgan fingerprint density at radius 3 is 1.31 bits per heavy atom. The summed E-state index contributed by atoms with van der Waals surface area (Å²) >= 11 is 0. The third kappa shape index (κ3) is 33.2. The van der Waals surface area contributed by atoms with Crippen molar-refractivity contribution in [1.29, 1.82) is 0 Å². The van der Waals surface area contributed by atoms with Gasteiger partial charge in [0.15, 0.2) is 6.29 Å². The molecular formula is C53H101NO8. The molecule has 9 heteroatoms. The largest absolute Gasteiger partial charge is 0.394 e. The van der Waals surface area contributed by atoms with Gasteiger partial charge < -0.3 is 40.3 Å². The number of amides is 1. The standard InChI is InChI=1S/C53H101NO8/c1-3-5-7-9-11-13-15-17-19-21-23-25-26-28-30-32-34-36-38-40-42-47(56)46(45-61-53-52(60)51(59)50(58)48(44-55)62-53)54-49(57)43-41-39-37-35-33-31-29-27-24-22-20-18-16-14-12-10-8-6-4-2/h18,20,40,42,46-48,50-53,55-56,58-60H,3-17,19,21-39,41,43-45H2,1-2H3,(H,54,57)/b20-18-,42-40+. The lowest BCUT2D eigenvalue weighted by atomic mass is 9.99. The lowest BCUT2D eigenvalue weighted by Gasteiger charge is -2.40. The molecule has 0 bridgehead atoms. The third-order valence-electron chi connectivity index (χ3n) is 12.8. The molecule has 1 aliphatic heterocycles. The molecule has 62 heavy (non-hydrogen) atoms. The molecule has 1 amide bonds. The van der Waals surface area contributed by atoms with Crippen molar-refractivity contribution in [2.24, 2.45) is 0 Å². The van der Waals surface area contributed by atoms with E-state index in [4.69, 9.17) is 9.47 Å². The summed E-state index contributed by atoms with van der Waals surface area (Å²) in [7, 11) is 0. The van der Waals surface area contributed by atoms with E-state index in [9.17, 15) is 30.3 Å². The highest BCUT2D eigenvalue weighted by atomic mass is 16.7. The quantitative estimate of drug-likeness (QED) is 0.0262. The summed E-state index contributed by atoms with van der Waals surface area (Å²) < 4.78 is 11.3. The maximum Gasteiger partial charge on any atom is 0.220 e. The number of rotatable bonds is 45. The number of carbonyl (C=O) groups is 1. The van der Waals surface area contributed by atoms with E-state index in [1.165, 1.54) is 193 Å². The first-order chi connectivity index (χ1) is 30.3. The Kier molecular flexibility index (Phi) is 41.2. The molecule has 1 aliphatic rings. The maximum atomic E-state index is 13.0. The number of hydrogen-bond donors (Lipinski definition) is 6. The second-order valence-electron chi connectivity index (χ2n) is 18.7. The van der Waals surface area contributed by atoms with Gasteiger partial charge in [-0.2, -0.15) is 0 Å². The van der Waals surface area contributed by atoms with E-state index >= 15 is 0 Å². The SMILES string of the molecule is CCCCCCCC/C=C\CCCCCCCCCCCC(=O)NC(COC1OC(CO)C(O)C(O)C1O)C(O)/C=C/CCCCCCCCCCCCCCCCCCCC. The molecule has 366 valence electrons. The van der Waals surface area contributed by atoms with Crippen LogP contribution < -0.4 is 5.32 Å². The predicted octanol–water partition coefficient (Wildman–Crippen LogP) is 12.2. The highest BCUT2D eigenvalue weighted by Gasteiger charge is 2.44. The molecule has 0 aliphatic carbocycles. The summed E-state index contributed by atoms with van der Waals surface area (Å²) in [6, 6.07) is -0.803. The van der Waals surface area contributed by atoms with Gasteiger partial charge in [-0.15, -0.1) is 0 Å². The van der Waals surface area contributed by atoms with E-state index < -0.39 is 49.5 Å². The molecule has 7 unspecified atom stereocenters. The van der Waals surface area contributed by atoms with Crippen LogP contribution in [0.3, 0.4) is 0 Å². The number of unbranched alkanes of at least 4 members (excludes halogenated alkanes) is 33. The van der Waals surface area contributed by atoms with Crippen LogP contribution in [0.4, 0.5) is 0 Å². The van der Waals surface area contributed by atoms with Crippen LogP contribution in [0.2, 0.25) is 0 Å². The Balaban J connectivity index is 2.28. The summed E-state index contributed by atoms with van der Waals surface area (Å²) in [5.74, 6) is -0.177. The Morgan fingerprint density at radius 1 is 0.532 bits per heavy atom. The molecule has 7 atom stereocenters. The van der Waals surface area contributed by atoms with Gasteiger partial charge in [-0.05, 0) is 44.9 Å².